The van der Waals surface area contributed by atoms with Crippen molar-refractivity contribution in [2.75, 3.05) is 7.11 Å². The zero-order valence-electron chi connectivity index (χ0n) is 10.1. The molecule has 2 rings (SSSR count). The minimum absolute atomic E-state index is 0.272. The van der Waals surface area contributed by atoms with Crippen molar-refractivity contribution in [3.63, 3.8) is 0 Å². The van der Waals surface area contributed by atoms with Gasteiger partial charge in [0.05, 0.1) is 7.11 Å². The standard InChI is InChI=1S/C14H14O2S/c1-9-4-5-11(10(2)8-9)12-6-7-13(17-12)14(15)16-3/h4-8H,1-3H3. The van der Waals surface area contributed by atoms with Crippen molar-refractivity contribution < 1.29 is 9.53 Å². The molecule has 2 nitrogen and oxygen atoms in total. The fourth-order valence-electron chi connectivity index (χ4n) is 1.78. The van der Waals surface area contributed by atoms with Crippen LogP contribution in [0.5, 0.6) is 0 Å². The molecule has 0 spiro atoms. The highest BCUT2D eigenvalue weighted by Gasteiger charge is 2.11. The lowest BCUT2D eigenvalue weighted by Gasteiger charge is -2.03. The second-order valence-corrected chi connectivity index (χ2v) is 5.06. The van der Waals surface area contributed by atoms with E-state index in [1.165, 1.54) is 35.1 Å². The highest BCUT2D eigenvalue weighted by atomic mass is 32.1. The van der Waals surface area contributed by atoms with Gasteiger partial charge in [-0.25, -0.2) is 4.79 Å². The number of methoxy groups -OCH3 is 1. The first-order valence-corrected chi connectivity index (χ1v) is 6.19. The van der Waals surface area contributed by atoms with E-state index < -0.39 is 0 Å². The van der Waals surface area contributed by atoms with Gasteiger partial charge in [-0.3, -0.25) is 0 Å². The fraction of sp³-hybridized carbons (Fsp3) is 0.214. The molecule has 0 atom stereocenters. The number of aryl methyl sites for hydroxylation is 2. The Kier molecular flexibility index (Phi) is 3.29. The van der Waals surface area contributed by atoms with Crippen LogP contribution in [0.3, 0.4) is 0 Å². The van der Waals surface area contributed by atoms with Gasteiger partial charge in [0.25, 0.3) is 0 Å². The monoisotopic (exact) mass is 246 g/mol. The molecule has 2 aromatic rings. The van der Waals surface area contributed by atoms with Crippen LogP contribution in [0.15, 0.2) is 30.3 Å². The number of hydrogen-bond acceptors (Lipinski definition) is 3. The van der Waals surface area contributed by atoms with Crippen LogP contribution in [0, 0.1) is 13.8 Å². The summed E-state index contributed by atoms with van der Waals surface area (Å²) in [7, 11) is 1.40. The predicted octanol–water partition coefficient (Wildman–Crippen LogP) is 3.82. The molecule has 88 valence electrons. The zero-order valence-corrected chi connectivity index (χ0v) is 10.9. The lowest BCUT2D eigenvalue weighted by molar-refractivity contribution is 0.0606. The summed E-state index contributed by atoms with van der Waals surface area (Å²) in [4.78, 5) is 13.1. The summed E-state index contributed by atoms with van der Waals surface area (Å²) < 4.78 is 4.71. The van der Waals surface area contributed by atoms with E-state index in [0.29, 0.717) is 4.88 Å². The molecule has 0 fully saturated rings. The molecule has 0 bridgehead atoms. The number of carbonyl (C=O) groups excluding carboxylic acids is 1. The zero-order chi connectivity index (χ0) is 12.4. The molecule has 0 radical (unpaired) electrons. The Labute approximate surface area is 105 Å². The summed E-state index contributed by atoms with van der Waals surface area (Å²) in [5.41, 5.74) is 3.65. The Balaban J connectivity index is 2.40. The number of carbonyl (C=O) groups is 1. The molecule has 0 aliphatic carbocycles. The van der Waals surface area contributed by atoms with E-state index in [1.807, 2.05) is 12.1 Å². The van der Waals surface area contributed by atoms with Gasteiger partial charge in [0.2, 0.25) is 0 Å². The van der Waals surface area contributed by atoms with Crippen LogP contribution in [0.1, 0.15) is 20.8 Å². The topological polar surface area (TPSA) is 26.3 Å². The van der Waals surface area contributed by atoms with Crippen molar-refractivity contribution in [2.45, 2.75) is 13.8 Å². The maximum absolute atomic E-state index is 11.4. The van der Waals surface area contributed by atoms with Crippen LogP contribution in [-0.4, -0.2) is 13.1 Å². The highest BCUT2D eigenvalue weighted by Crippen LogP contribution is 2.31. The van der Waals surface area contributed by atoms with Gasteiger partial charge in [-0.15, -0.1) is 11.3 Å². The number of esters is 1. The van der Waals surface area contributed by atoms with Crippen LogP contribution in [-0.2, 0) is 4.74 Å². The summed E-state index contributed by atoms with van der Waals surface area (Å²) in [5, 5.41) is 0. The first-order valence-electron chi connectivity index (χ1n) is 5.37. The first-order chi connectivity index (χ1) is 8.11. The third-order valence-corrected chi connectivity index (χ3v) is 3.74. The summed E-state index contributed by atoms with van der Waals surface area (Å²) in [6.07, 6.45) is 0. The van der Waals surface area contributed by atoms with Gasteiger partial charge in [-0.1, -0.05) is 23.8 Å². The van der Waals surface area contributed by atoms with E-state index in [9.17, 15) is 4.79 Å². The van der Waals surface area contributed by atoms with Crippen molar-refractivity contribution in [3.8, 4) is 10.4 Å². The van der Waals surface area contributed by atoms with E-state index in [0.717, 1.165) is 4.88 Å². The molecular formula is C14H14O2S. The smallest absolute Gasteiger partial charge is 0.348 e. The molecular weight excluding hydrogens is 232 g/mol. The lowest BCUT2D eigenvalue weighted by Crippen LogP contribution is -1.96. The van der Waals surface area contributed by atoms with Crippen LogP contribution >= 0.6 is 11.3 Å². The number of rotatable bonds is 2. The Bertz CT molecular complexity index is 555. The Hall–Kier alpha value is -1.61. The largest absolute Gasteiger partial charge is 0.465 e. The Morgan fingerprint density at radius 3 is 2.59 bits per heavy atom. The van der Waals surface area contributed by atoms with E-state index >= 15 is 0 Å². The molecule has 1 aromatic heterocycles. The normalized spacial score (nSPS) is 10.3. The molecule has 0 saturated carbocycles. The summed E-state index contributed by atoms with van der Waals surface area (Å²) >= 11 is 1.46. The van der Waals surface area contributed by atoms with Crippen LogP contribution < -0.4 is 0 Å². The van der Waals surface area contributed by atoms with Crippen molar-refractivity contribution >= 4 is 17.3 Å². The number of benzene rings is 1. The van der Waals surface area contributed by atoms with Crippen molar-refractivity contribution in [1.82, 2.24) is 0 Å². The van der Waals surface area contributed by atoms with E-state index in [1.54, 1.807) is 0 Å². The van der Waals surface area contributed by atoms with Crippen LogP contribution in [0.4, 0.5) is 0 Å². The molecule has 1 aromatic carbocycles. The van der Waals surface area contributed by atoms with Crippen molar-refractivity contribution in [1.29, 1.82) is 0 Å². The van der Waals surface area contributed by atoms with Gasteiger partial charge in [-0.2, -0.15) is 0 Å². The first kappa shape index (κ1) is 11.9. The molecule has 0 amide bonds. The minimum atomic E-state index is -0.272. The average molecular weight is 246 g/mol. The quantitative estimate of drug-likeness (QED) is 0.753. The molecule has 0 aliphatic heterocycles. The average Bonchev–Trinajstić information content (AvgIpc) is 2.77. The van der Waals surface area contributed by atoms with Crippen molar-refractivity contribution in [3.05, 3.63) is 46.3 Å². The number of hydrogen-bond donors (Lipinski definition) is 0. The maximum Gasteiger partial charge on any atom is 0.348 e. The Morgan fingerprint density at radius 2 is 1.94 bits per heavy atom. The van der Waals surface area contributed by atoms with Gasteiger partial charge in [0, 0.05) is 4.88 Å². The second-order valence-electron chi connectivity index (χ2n) is 3.97. The van der Waals surface area contributed by atoms with Gasteiger partial charge < -0.3 is 4.74 Å². The molecule has 0 unspecified atom stereocenters. The summed E-state index contributed by atoms with van der Waals surface area (Å²) in [6.45, 7) is 4.16. The second kappa shape index (κ2) is 4.72. The highest BCUT2D eigenvalue weighted by molar-refractivity contribution is 7.17. The van der Waals surface area contributed by atoms with Gasteiger partial charge in [0.1, 0.15) is 4.88 Å². The number of ether oxygens (including phenoxy) is 1. The van der Waals surface area contributed by atoms with Crippen molar-refractivity contribution in [2.24, 2.45) is 0 Å². The lowest BCUT2D eigenvalue weighted by atomic mass is 10.0. The molecule has 1 heterocycles. The van der Waals surface area contributed by atoms with Gasteiger partial charge >= 0.3 is 5.97 Å². The SMILES string of the molecule is COC(=O)c1ccc(-c2ccc(C)cc2C)s1. The molecule has 17 heavy (non-hydrogen) atoms. The summed E-state index contributed by atoms with van der Waals surface area (Å²) in [5.74, 6) is -0.272. The molecule has 0 N–H and O–H groups in total. The predicted molar refractivity (Wildman–Crippen MR) is 70.6 cm³/mol. The van der Waals surface area contributed by atoms with E-state index in [4.69, 9.17) is 4.74 Å². The van der Waals surface area contributed by atoms with E-state index in [2.05, 4.69) is 32.0 Å². The molecule has 3 heteroatoms. The van der Waals surface area contributed by atoms with E-state index in [-0.39, 0.29) is 5.97 Å². The minimum Gasteiger partial charge on any atom is -0.465 e. The number of thiophene rings is 1. The summed E-state index contributed by atoms with van der Waals surface area (Å²) in [6, 6.07) is 10.1. The van der Waals surface area contributed by atoms with Crippen LogP contribution in [0.25, 0.3) is 10.4 Å². The Morgan fingerprint density at radius 1 is 1.18 bits per heavy atom. The third-order valence-electron chi connectivity index (χ3n) is 2.64. The fourth-order valence-corrected chi connectivity index (χ4v) is 2.80. The van der Waals surface area contributed by atoms with Crippen LogP contribution in [0.2, 0.25) is 0 Å². The third kappa shape index (κ3) is 2.39. The van der Waals surface area contributed by atoms with Gasteiger partial charge in [0.15, 0.2) is 0 Å². The van der Waals surface area contributed by atoms with Gasteiger partial charge in [-0.05, 0) is 37.1 Å². The molecule has 0 saturated heterocycles. The molecule has 0 aliphatic rings. The maximum atomic E-state index is 11.4.